The maximum Gasteiger partial charge on any atom is 0.352 e. The Bertz CT molecular complexity index is 1090. The van der Waals surface area contributed by atoms with Crippen molar-refractivity contribution in [2.45, 2.75) is 64.2 Å². The van der Waals surface area contributed by atoms with Crippen LogP contribution in [0.5, 0.6) is 0 Å². The molecule has 0 unspecified atom stereocenters. The molecule has 0 radical (unpaired) electrons. The van der Waals surface area contributed by atoms with Crippen molar-refractivity contribution in [1.29, 1.82) is 0 Å². The van der Waals surface area contributed by atoms with Crippen LogP contribution in [0.4, 0.5) is 0 Å². The van der Waals surface area contributed by atoms with E-state index in [0.717, 1.165) is 31.2 Å². The van der Waals surface area contributed by atoms with Gasteiger partial charge in [0.25, 0.3) is 15.9 Å². The summed E-state index contributed by atoms with van der Waals surface area (Å²) >= 11 is 0. The number of carboxylic acid groups (broad SMARTS) is 1. The molecule has 1 heterocycles. The van der Waals surface area contributed by atoms with Crippen LogP contribution in [0.15, 0.2) is 52.6 Å². The summed E-state index contributed by atoms with van der Waals surface area (Å²) in [5.74, 6) is -1.63. The third kappa shape index (κ3) is 8.51. The highest BCUT2D eigenvalue weighted by molar-refractivity contribution is 7.90. The molecule has 198 valence electrons. The number of carbonyl (C=O) groups excluding carboxylic acids is 2. The van der Waals surface area contributed by atoms with Crippen molar-refractivity contribution in [3.8, 4) is 0 Å². The zero-order chi connectivity index (χ0) is 26.7. The first-order chi connectivity index (χ1) is 17.1. The number of sulfonamides is 1. The summed E-state index contributed by atoms with van der Waals surface area (Å²) in [5.41, 5.74) is 1.11. The first-order valence-electron chi connectivity index (χ1n) is 12.4. The zero-order valence-corrected chi connectivity index (χ0v) is 22.1. The minimum atomic E-state index is -4.12. The van der Waals surface area contributed by atoms with Gasteiger partial charge in [0.1, 0.15) is 5.70 Å². The quantitative estimate of drug-likeness (QED) is 0.344. The predicted molar refractivity (Wildman–Crippen MR) is 137 cm³/mol. The Labute approximate surface area is 213 Å². The highest BCUT2D eigenvalue weighted by atomic mass is 32.2. The Morgan fingerprint density at radius 1 is 1.06 bits per heavy atom. The SMILES string of the molecule is CCCCC(=O)NCCc1ccc(S(=O)(=O)NC(=O)C2=CC=C(C(=O)O)N(CC(CC)CC)C2)cc1. The van der Waals surface area contributed by atoms with Gasteiger partial charge in [-0.1, -0.05) is 52.2 Å². The molecule has 1 aromatic carbocycles. The second-order valence-corrected chi connectivity index (χ2v) is 10.6. The van der Waals surface area contributed by atoms with Gasteiger partial charge < -0.3 is 15.3 Å². The molecule has 36 heavy (non-hydrogen) atoms. The third-order valence-corrected chi connectivity index (χ3v) is 7.59. The number of benzene rings is 1. The van der Waals surface area contributed by atoms with Crippen LogP contribution in [0.2, 0.25) is 0 Å². The second-order valence-electron chi connectivity index (χ2n) is 8.89. The number of rotatable bonds is 14. The van der Waals surface area contributed by atoms with Gasteiger partial charge in [-0.3, -0.25) is 9.59 Å². The summed E-state index contributed by atoms with van der Waals surface area (Å²) in [6.45, 7) is 6.99. The second kappa shape index (κ2) is 13.8. The van der Waals surface area contributed by atoms with Gasteiger partial charge in [0.05, 0.1) is 4.90 Å². The van der Waals surface area contributed by atoms with Crippen LogP contribution in [-0.4, -0.2) is 55.8 Å². The fraction of sp³-hybridized carbons (Fsp3) is 0.500. The van der Waals surface area contributed by atoms with Gasteiger partial charge >= 0.3 is 5.97 Å². The molecular weight excluding hydrogens is 482 g/mol. The summed E-state index contributed by atoms with van der Waals surface area (Å²) in [7, 11) is -4.12. The Morgan fingerprint density at radius 2 is 1.72 bits per heavy atom. The number of amides is 2. The van der Waals surface area contributed by atoms with Crippen molar-refractivity contribution in [3.63, 3.8) is 0 Å². The van der Waals surface area contributed by atoms with Crippen molar-refractivity contribution < 1.29 is 27.9 Å². The van der Waals surface area contributed by atoms with Crippen molar-refractivity contribution in [1.82, 2.24) is 14.9 Å². The van der Waals surface area contributed by atoms with E-state index in [-0.39, 0.29) is 34.5 Å². The summed E-state index contributed by atoms with van der Waals surface area (Å²) in [4.78, 5) is 37.7. The van der Waals surface area contributed by atoms with Crippen LogP contribution < -0.4 is 10.0 Å². The number of nitrogens with one attached hydrogen (secondary N) is 2. The molecule has 0 aliphatic carbocycles. The average molecular weight is 520 g/mol. The normalized spacial score (nSPS) is 13.7. The van der Waals surface area contributed by atoms with E-state index in [9.17, 15) is 27.9 Å². The largest absolute Gasteiger partial charge is 0.477 e. The van der Waals surface area contributed by atoms with E-state index < -0.39 is 21.9 Å². The topological polar surface area (TPSA) is 133 Å². The lowest BCUT2D eigenvalue weighted by molar-refractivity contribution is -0.134. The van der Waals surface area contributed by atoms with Crippen molar-refractivity contribution in [2.75, 3.05) is 19.6 Å². The smallest absolute Gasteiger partial charge is 0.352 e. The van der Waals surface area contributed by atoms with Crippen LogP contribution in [0.25, 0.3) is 0 Å². The van der Waals surface area contributed by atoms with E-state index in [1.165, 1.54) is 24.3 Å². The van der Waals surface area contributed by atoms with Crippen LogP contribution >= 0.6 is 0 Å². The number of carboxylic acids is 1. The molecule has 3 N–H and O–H groups in total. The molecule has 10 heteroatoms. The van der Waals surface area contributed by atoms with Crippen molar-refractivity contribution >= 4 is 27.8 Å². The van der Waals surface area contributed by atoms with Crippen LogP contribution in [0.3, 0.4) is 0 Å². The lowest BCUT2D eigenvalue weighted by Gasteiger charge is -2.31. The van der Waals surface area contributed by atoms with Gasteiger partial charge in [-0.05, 0) is 48.6 Å². The summed E-state index contributed by atoms with van der Waals surface area (Å²) in [6.07, 6.45) is 7.26. The fourth-order valence-corrected chi connectivity index (χ4v) is 4.85. The van der Waals surface area contributed by atoms with E-state index >= 15 is 0 Å². The molecule has 0 fully saturated rings. The van der Waals surface area contributed by atoms with Crippen molar-refractivity contribution in [2.24, 2.45) is 5.92 Å². The van der Waals surface area contributed by atoms with E-state index in [1.807, 2.05) is 20.8 Å². The van der Waals surface area contributed by atoms with E-state index in [4.69, 9.17) is 0 Å². The maximum atomic E-state index is 12.8. The Kier molecular flexibility index (Phi) is 11.2. The van der Waals surface area contributed by atoms with E-state index in [2.05, 4.69) is 10.0 Å². The monoisotopic (exact) mass is 519 g/mol. The van der Waals surface area contributed by atoms with E-state index in [1.54, 1.807) is 17.0 Å². The molecular formula is C26H37N3O6S. The number of unbranched alkanes of at least 4 members (excludes halogenated alkanes) is 1. The predicted octanol–water partition coefficient (Wildman–Crippen LogP) is 2.99. The minimum Gasteiger partial charge on any atom is -0.477 e. The summed E-state index contributed by atoms with van der Waals surface area (Å²) in [5, 5.41) is 12.3. The molecule has 1 aliphatic rings. The molecule has 0 aromatic heterocycles. The van der Waals surface area contributed by atoms with Crippen LogP contribution in [-0.2, 0) is 30.8 Å². The molecule has 0 spiro atoms. The number of aliphatic carboxylic acids is 1. The molecule has 0 saturated heterocycles. The van der Waals surface area contributed by atoms with Gasteiger partial charge in [-0.2, -0.15) is 0 Å². The highest BCUT2D eigenvalue weighted by Gasteiger charge is 2.27. The minimum absolute atomic E-state index is 0.000396. The van der Waals surface area contributed by atoms with E-state index in [0.29, 0.717) is 25.9 Å². The first kappa shape index (κ1) is 29.1. The molecule has 1 aromatic rings. The molecule has 1 aliphatic heterocycles. The molecule has 2 amide bonds. The number of carbonyl (C=O) groups is 3. The third-order valence-electron chi connectivity index (χ3n) is 6.24. The van der Waals surface area contributed by atoms with Gasteiger partial charge in [0.15, 0.2) is 0 Å². The lowest BCUT2D eigenvalue weighted by Crippen LogP contribution is -2.40. The number of nitrogens with zero attached hydrogens (tertiary/aromatic N) is 1. The Morgan fingerprint density at radius 3 is 2.31 bits per heavy atom. The average Bonchev–Trinajstić information content (AvgIpc) is 2.85. The van der Waals surface area contributed by atoms with Crippen LogP contribution in [0, 0.1) is 5.92 Å². The van der Waals surface area contributed by atoms with Gasteiger partial charge in [-0.25, -0.2) is 17.9 Å². The van der Waals surface area contributed by atoms with Crippen molar-refractivity contribution in [3.05, 3.63) is 53.3 Å². The van der Waals surface area contributed by atoms with Crippen LogP contribution in [0.1, 0.15) is 58.4 Å². The summed E-state index contributed by atoms with van der Waals surface area (Å²) in [6, 6.07) is 6.13. The molecule has 2 rings (SSSR count). The molecule has 9 nitrogen and oxygen atoms in total. The fourth-order valence-electron chi connectivity index (χ4n) is 3.86. The Balaban J connectivity index is 2.02. The molecule has 0 saturated carbocycles. The summed E-state index contributed by atoms with van der Waals surface area (Å²) < 4.78 is 27.7. The number of hydrogen-bond donors (Lipinski definition) is 3. The standard InChI is InChI=1S/C26H37N3O6S/c1-4-7-8-24(30)27-16-15-20-9-12-22(13-10-20)36(34,35)28-25(31)21-11-14-23(26(32)33)29(18-21)17-19(5-2)6-3/h9-14,19H,4-8,15-18H2,1-3H3,(H,27,30)(H,28,31)(H,32,33). The number of allylic oxidation sites excluding steroid dienone is 2. The highest BCUT2D eigenvalue weighted by Crippen LogP contribution is 2.21. The Hall–Kier alpha value is -3.14. The van der Waals surface area contributed by atoms with Gasteiger partial charge in [0.2, 0.25) is 5.91 Å². The number of hydrogen-bond acceptors (Lipinski definition) is 6. The zero-order valence-electron chi connectivity index (χ0n) is 21.2. The molecule has 0 bridgehead atoms. The lowest BCUT2D eigenvalue weighted by atomic mass is 10.0. The van der Waals surface area contributed by atoms with Gasteiger partial charge in [0, 0.05) is 31.6 Å². The van der Waals surface area contributed by atoms with Gasteiger partial charge in [-0.15, -0.1) is 0 Å². The molecule has 0 atom stereocenters. The first-order valence-corrected chi connectivity index (χ1v) is 13.9. The maximum absolute atomic E-state index is 12.8.